The van der Waals surface area contributed by atoms with Crippen LogP contribution in [0.5, 0.6) is 0 Å². The summed E-state index contributed by atoms with van der Waals surface area (Å²) in [7, 11) is 0. The highest BCUT2D eigenvalue weighted by atomic mass is 16.6. The summed E-state index contributed by atoms with van der Waals surface area (Å²) in [4.78, 5) is 12.6. The third kappa shape index (κ3) is 4.01. The molecule has 0 amide bonds. The predicted octanol–water partition coefficient (Wildman–Crippen LogP) is 2.19. The molecule has 1 aromatic carbocycles. The van der Waals surface area contributed by atoms with Crippen LogP contribution in [-0.4, -0.2) is 34.6 Å². The summed E-state index contributed by atoms with van der Waals surface area (Å²) in [6, 6.07) is 6.77. The van der Waals surface area contributed by atoms with Gasteiger partial charge in [0.2, 0.25) is 0 Å². The number of nitro benzene ring substituents is 1. The molecule has 0 aliphatic carbocycles. The molecule has 1 unspecified atom stereocenters. The first-order valence-electron chi connectivity index (χ1n) is 6.75. The number of likely N-dealkylation sites (tertiary alicyclic amines) is 1. The van der Waals surface area contributed by atoms with Crippen molar-refractivity contribution in [3.63, 3.8) is 0 Å². The molecule has 1 N–H and O–H groups in total. The van der Waals surface area contributed by atoms with Gasteiger partial charge < -0.3 is 5.11 Å². The molecule has 1 atom stereocenters. The van der Waals surface area contributed by atoms with E-state index in [2.05, 4.69) is 4.90 Å². The minimum atomic E-state index is -0.373. The first-order valence-corrected chi connectivity index (χ1v) is 6.75. The van der Waals surface area contributed by atoms with E-state index in [0.717, 1.165) is 38.0 Å². The van der Waals surface area contributed by atoms with Crippen LogP contribution in [0.1, 0.15) is 24.8 Å². The molecule has 0 bridgehead atoms. The van der Waals surface area contributed by atoms with Crippen LogP contribution in [0.25, 0.3) is 0 Å². The fraction of sp³-hybridized carbons (Fsp3) is 0.571. The monoisotopic (exact) mass is 264 g/mol. The Bertz CT molecular complexity index is 417. The van der Waals surface area contributed by atoms with Gasteiger partial charge in [0.15, 0.2) is 0 Å². The van der Waals surface area contributed by atoms with E-state index in [4.69, 9.17) is 5.11 Å². The van der Waals surface area contributed by atoms with Crippen molar-refractivity contribution in [3.8, 4) is 0 Å². The van der Waals surface area contributed by atoms with Crippen molar-refractivity contribution in [3.05, 3.63) is 39.9 Å². The van der Waals surface area contributed by atoms with Crippen molar-refractivity contribution in [1.29, 1.82) is 0 Å². The number of non-ortho nitro benzene ring substituents is 1. The molecule has 104 valence electrons. The van der Waals surface area contributed by atoms with Gasteiger partial charge in [0.05, 0.1) is 4.92 Å². The number of piperidine rings is 1. The second-order valence-electron chi connectivity index (χ2n) is 5.18. The smallest absolute Gasteiger partial charge is 0.269 e. The lowest BCUT2D eigenvalue weighted by Gasteiger charge is -2.32. The van der Waals surface area contributed by atoms with Gasteiger partial charge in [-0.15, -0.1) is 0 Å². The highest BCUT2D eigenvalue weighted by Crippen LogP contribution is 2.21. The lowest BCUT2D eigenvalue weighted by Crippen LogP contribution is -2.35. The van der Waals surface area contributed by atoms with E-state index in [1.54, 1.807) is 12.1 Å². The minimum Gasteiger partial charge on any atom is -0.396 e. The third-order valence-electron chi connectivity index (χ3n) is 3.69. The van der Waals surface area contributed by atoms with Crippen LogP contribution in [0, 0.1) is 16.0 Å². The number of aliphatic hydroxyl groups is 1. The molecular weight excluding hydrogens is 244 g/mol. The van der Waals surface area contributed by atoms with Crippen LogP contribution in [0.2, 0.25) is 0 Å². The average Bonchev–Trinajstić information content (AvgIpc) is 2.40. The fourth-order valence-electron chi connectivity index (χ4n) is 2.69. The predicted molar refractivity (Wildman–Crippen MR) is 72.8 cm³/mol. The second-order valence-corrected chi connectivity index (χ2v) is 5.18. The minimum absolute atomic E-state index is 0.139. The van der Waals surface area contributed by atoms with Crippen molar-refractivity contribution in [1.82, 2.24) is 4.90 Å². The quantitative estimate of drug-likeness (QED) is 0.654. The zero-order valence-electron chi connectivity index (χ0n) is 11.0. The Labute approximate surface area is 113 Å². The van der Waals surface area contributed by atoms with Gasteiger partial charge in [-0.25, -0.2) is 0 Å². The molecule has 1 saturated heterocycles. The Balaban J connectivity index is 1.91. The second kappa shape index (κ2) is 6.63. The van der Waals surface area contributed by atoms with Crippen molar-refractivity contribution < 1.29 is 10.0 Å². The molecule has 1 aliphatic rings. The number of hydrogen-bond donors (Lipinski definition) is 1. The van der Waals surface area contributed by atoms with Crippen LogP contribution in [0.15, 0.2) is 24.3 Å². The van der Waals surface area contributed by atoms with Crippen molar-refractivity contribution >= 4 is 5.69 Å². The maximum absolute atomic E-state index is 10.6. The SMILES string of the molecule is O=[N+]([O-])c1ccc(CN2CCCC(CCO)C2)cc1. The van der Waals surface area contributed by atoms with Gasteiger partial charge in [-0.1, -0.05) is 12.1 Å². The van der Waals surface area contributed by atoms with Crippen molar-refractivity contribution in [2.45, 2.75) is 25.8 Å². The molecule has 19 heavy (non-hydrogen) atoms. The molecule has 2 rings (SSSR count). The topological polar surface area (TPSA) is 66.6 Å². The number of rotatable bonds is 5. The normalized spacial score (nSPS) is 20.4. The van der Waals surface area contributed by atoms with E-state index in [9.17, 15) is 10.1 Å². The largest absolute Gasteiger partial charge is 0.396 e. The molecular formula is C14H20N2O3. The first kappa shape index (κ1) is 14.0. The van der Waals surface area contributed by atoms with Gasteiger partial charge in [-0.2, -0.15) is 0 Å². The first-order chi connectivity index (χ1) is 9.19. The number of nitrogens with zero attached hydrogens (tertiary/aromatic N) is 2. The summed E-state index contributed by atoms with van der Waals surface area (Å²) in [5.41, 5.74) is 1.25. The third-order valence-corrected chi connectivity index (χ3v) is 3.69. The van der Waals surface area contributed by atoms with Gasteiger partial charge >= 0.3 is 0 Å². The van der Waals surface area contributed by atoms with E-state index < -0.39 is 0 Å². The van der Waals surface area contributed by atoms with Crippen LogP contribution in [0.4, 0.5) is 5.69 Å². The van der Waals surface area contributed by atoms with Gasteiger partial charge in [-0.05, 0) is 37.3 Å². The van der Waals surface area contributed by atoms with Crippen LogP contribution in [-0.2, 0) is 6.54 Å². The maximum atomic E-state index is 10.6. The molecule has 0 saturated carbocycles. The molecule has 5 nitrogen and oxygen atoms in total. The summed E-state index contributed by atoms with van der Waals surface area (Å²) in [6.45, 7) is 3.17. The van der Waals surface area contributed by atoms with Crippen LogP contribution >= 0.6 is 0 Å². The standard InChI is InChI=1S/C14H20N2O3/c17-9-7-12-2-1-8-15(10-12)11-13-3-5-14(6-4-13)16(18)19/h3-6,12,17H,1-2,7-11H2. The fourth-order valence-corrected chi connectivity index (χ4v) is 2.69. The Morgan fingerprint density at radius 1 is 1.37 bits per heavy atom. The highest BCUT2D eigenvalue weighted by Gasteiger charge is 2.19. The van der Waals surface area contributed by atoms with Crippen molar-refractivity contribution in [2.75, 3.05) is 19.7 Å². The zero-order valence-corrected chi connectivity index (χ0v) is 11.0. The average molecular weight is 264 g/mol. The number of nitro groups is 1. The Morgan fingerprint density at radius 2 is 2.11 bits per heavy atom. The summed E-state index contributed by atoms with van der Waals surface area (Å²) in [5.74, 6) is 0.580. The van der Waals surface area contributed by atoms with E-state index in [1.807, 2.05) is 12.1 Å². The molecule has 1 aromatic rings. The number of benzene rings is 1. The van der Waals surface area contributed by atoms with Crippen LogP contribution < -0.4 is 0 Å². The molecule has 0 spiro atoms. The lowest BCUT2D eigenvalue weighted by molar-refractivity contribution is -0.384. The maximum Gasteiger partial charge on any atom is 0.269 e. The Hall–Kier alpha value is -1.46. The number of hydrogen-bond acceptors (Lipinski definition) is 4. The molecule has 1 heterocycles. The summed E-state index contributed by atoms with van der Waals surface area (Å²) >= 11 is 0. The van der Waals surface area contributed by atoms with Crippen molar-refractivity contribution in [2.24, 2.45) is 5.92 Å². The Kier molecular flexibility index (Phi) is 4.87. The summed E-state index contributed by atoms with van der Waals surface area (Å²) < 4.78 is 0. The summed E-state index contributed by atoms with van der Waals surface area (Å²) in [5, 5.41) is 19.6. The van der Waals surface area contributed by atoms with Gasteiger partial charge in [-0.3, -0.25) is 15.0 Å². The van der Waals surface area contributed by atoms with Crippen LogP contribution in [0.3, 0.4) is 0 Å². The van der Waals surface area contributed by atoms with Gasteiger partial charge in [0.25, 0.3) is 5.69 Å². The molecule has 5 heteroatoms. The highest BCUT2D eigenvalue weighted by molar-refractivity contribution is 5.32. The molecule has 0 radical (unpaired) electrons. The van der Waals surface area contributed by atoms with E-state index in [0.29, 0.717) is 5.92 Å². The molecule has 1 aliphatic heterocycles. The Morgan fingerprint density at radius 3 is 2.74 bits per heavy atom. The zero-order chi connectivity index (χ0) is 13.7. The van der Waals surface area contributed by atoms with E-state index >= 15 is 0 Å². The lowest BCUT2D eigenvalue weighted by atomic mass is 9.95. The van der Waals surface area contributed by atoms with Gasteiger partial charge in [0.1, 0.15) is 0 Å². The molecule has 1 fully saturated rings. The summed E-state index contributed by atoms with van der Waals surface area (Å²) in [6.07, 6.45) is 3.23. The van der Waals surface area contributed by atoms with E-state index in [1.165, 1.54) is 6.42 Å². The van der Waals surface area contributed by atoms with E-state index in [-0.39, 0.29) is 17.2 Å². The number of aliphatic hydroxyl groups excluding tert-OH is 1. The molecule has 0 aromatic heterocycles. The van der Waals surface area contributed by atoms with Gasteiger partial charge in [0, 0.05) is 31.8 Å².